The van der Waals surface area contributed by atoms with Crippen LogP contribution < -0.4 is 15.4 Å². The fraction of sp³-hybridized carbons (Fsp3) is 0.136. The highest BCUT2D eigenvalue weighted by Crippen LogP contribution is 2.22. The second-order valence-electron chi connectivity index (χ2n) is 6.31. The number of hydrogen-bond acceptors (Lipinski definition) is 4. The molecule has 0 saturated heterocycles. The molecule has 2 N–H and O–H groups in total. The second-order valence-corrected chi connectivity index (χ2v) is 6.31. The molecule has 2 aromatic carbocycles. The monoisotopic (exact) mass is 411 g/mol. The van der Waals surface area contributed by atoms with Crippen LogP contribution in [-0.4, -0.2) is 30.4 Å². The maximum absolute atomic E-state index is 13.7. The molecular formula is C22H19F2N3O3. The van der Waals surface area contributed by atoms with E-state index in [9.17, 15) is 18.4 Å². The largest absolute Gasteiger partial charge is 0.457 e. The van der Waals surface area contributed by atoms with Crippen LogP contribution in [0.1, 0.15) is 26.4 Å². The number of halogens is 2. The van der Waals surface area contributed by atoms with Crippen LogP contribution in [0.3, 0.4) is 0 Å². The first kappa shape index (κ1) is 20.9. The summed E-state index contributed by atoms with van der Waals surface area (Å²) in [6, 6.07) is 13.6. The summed E-state index contributed by atoms with van der Waals surface area (Å²) in [4.78, 5) is 27.7. The number of carbonyl (C=O) groups is 2. The van der Waals surface area contributed by atoms with Crippen molar-refractivity contribution in [1.82, 2.24) is 15.6 Å². The molecule has 30 heavy (non-hydrogen) atoms. The summed E-state index contributed by atoms with van der Waals surface area (Å²) in [6.45, 7) is 0.187. The van der Waals surface area contributed by atoms with Gasteiger partial charge in [0, 0.05) is 25.9 Å². The van der Waals surface area contributed by atoms with Crippen molar-refractivity contribution < 1.29 is 23.1 Å². The minimum Gasteiger partial charge on any atom is -0.457 e. The van der Waals surface area contributed by atoms with E-state index in [1.807, 2.05) is 6.07 Å². The minimum atomic E-state index is -0.906. The van der Waals surface area contributed by atoms with E-state index in [4.69, 9.17) is 4.74 Å². The molecule has 1 aromatic heterocycles. The molecule has 8 heteroatoms. The number of carbonyl (C=O) groups excluding carboxylic acids is 2. The van der Waals surface area contributed by atoms with Gasteiger partial charge in [0.15, 0.2) is 0 Å². The Morgan fingerprint density at radius 3 is 2.40 bits per heavy atom. The van der Waals surface area contributed by atoms with E-state index in [2.05, 4.69) is 15.6 Å². The van der Waals surface area contributed by atoms with Gasteiger partial charge >= 0.3 is 0 Å². The number of benzene rings is 2. The fourth-order valence-corrected chi connectivity index (χ4v) is 2.75. The number of nitrogens with zero attached hydrogens (tertiary/aromatic N) is 1. The van der Waals surface area contributed by atoms with Gasteiger partial charge in [-0.05, 0) is 42.3 Å². The predicted octanol–water partition coefficient (Wildman–Crippen LogP) is 3.48. The first-order valence-electron chi connectivity index (χ1n) is 9.15. The van der Waals surface area contributed by atoms with Crippen molar-refractivity contribution in [3.63, 3.8) is 0 Å². The lowest BCUT2D eigenvalue weighted by molar-refractivity contribution is 0.0941. The molecule has 0 radical (unpaired) electrons. The summed E-state index contributed by atoms with van der Waals surface area (Å²) in [6.07, 6.45) is 1.90. The zero-order valence-corrected chi connectivity index (χ0v) is 16.1. The van der Waals surface area contributed by atoms with Gasteiger partial charge in [0.2, 0.25) is 0 Å². The van der Waals surface area contributed by atoms with Gasteiger partial charge in [0.1, 0.15) is 34.4 Å². The quantitative estimate of drug-likeness (QED) is 0.624. The molecule has 0 aliphatic carbocycles. The van der Waals surface area contributed by atoms with E-state index in [0.717, 1.165) is 17.7 Å². The Balaban J connectivity index is 1.61. The van der Waals surface area contributed by atoms with Crippen molar-refractivity contribution in [2.24, 2.45) is 0 Å². The summed E-state index contributed by atoms with van der Waals surface area (Å²) < 4.78 is 33.1. The van der Waals surface area contributed by atoms with Crippen molar-refractivity contribution in [3.05, 3.63) is 89.2 Å². The van der Waals surface area contributed by atoms with Crippen LogP contribution in [0, 0.1) is 11.6 Å². The van der Waals surface area contributed by atoms with Crippen LogP contribution in [0.15, 0.2) is 60.8 Å². The second kappa shape index (κ2) is 9.60. The normalized spacial score (nSPS) is 10.4. The van der Waals surface area contributed by atoms with E-state index in [-0.39, 0.29) is 18.1 Å². The summed E-state index contributed by atoms with van der Waals surface area (Å²) >= 11 is 0. The van der Waals surface area contributed by atoms with Crippen LogP contribution in [0.5, 0.6) is 11.5 Å². The van der Waals surface area contributed by atoms with E-state index in [0.29, 0.717) is 17.9 Å². The lowest BCUT2D eigenvalue weighted by Crippen LogP contribution is -2.27. The molecule has 0 unspecified atom stereocenters. The van der Waals surface area contributed by atoms with Gasteiger partial charge in [-0.15, -0.1) is 0 Å². The van der Waals surface area contributed by atoms with Gasteiger partial charge in [-0.3, -0.25) is 14.6 Å². The molecule has 0 atom stereocenters. The van der Waals surface area contributed by atoms with Crippen LogP contribution in [0.4, 0.5) is 8.78 Å². The van der Waals surface area contributed by atoms with Gasteiger partial charge in [0.05, 0.1) is 0 Å². The van der Waals surface area contributed by atoms with Gasteiger partial charge < -0.3 is 15.4 Å². The van der Waals surface area contributed by atoms with Crippen LogP contribution in [0.2, 0.25) is 0 Å². The minimum absolute atomic E-state index is 0.187. The number of ether oxygens (including phenoxy) is 1. The molecule has 2 amide bonds. The molecule has 6 nitrogen and oxygen atoms in total. The standard InChI is InChI=1S/C22H19F2N3O3/c1-25-21(28)19-13-16(9-11-26-19)30-15-5-2-4-14(12-15)8-10-27-22(29)20-17(23)6-3-7-18(20)24/h2-7,9,11-13H,8,10H2,1H3,(H,25,28)(H,27,29). The number of hydrogen-bond donors (Lipinski definition) is 2. The highest BCUT2D eigenvalue weighted by Gasteiger charge is 2.16. The first-order valence-corrected chi connectivity index (χ1v) is 9.15. The molecule has 0 aliphatic heterocycles. The van der Waals surface area contributed by atoms with E-state index in [1.54, 1.807) is 24.3 Å². The molecule has 3 rings (SSSR count). The third kappa shape index (κ3) is 5.16. The van der Waals surface area contributed by atoms with Crippen molar-refractivity contribution in [3.8, 4) is 11.5 Å². The molecule has 0 bridgehead atoms. The highest BCUT2D eigenvalue weighted by molar-refractivity contribution is 5.94. The number of amides is 2. The molecule has 0 aliphatic rings. The molecule has 0 saturated carbocycles. The SMILES string of the molecule is CNC(=O)c1cc(Oc2cccc(CCNC(=O)c3c(F)cccc3F)c2)ccn1. The molecular weight excluding hydrogens is 392 g/mol. The van der Waals surface area contributed by atoms with Crippen molar-refractivity contribution in [2.75, 3.05) is 13.6 Å². The van der Waals surface area contributed by atoms with E-state index in [1.165, 1.54) is 25.4 Å². The Morgan fingerprint density at radius 1 is 0.967 bits per heavy atom. The predicted molar refractivity (Wildman–Crippen MR) is 107 cm³/mol. The lowest BCUT2D eigenvalue weighted by Gasteiger charge is -2.10. The van der Waals surface area contributed by atoms with Gasteiger partial charge in [-0.25, -0.2) is 8.78 Å². The Bertz CT molecular complexity index is 1050. The zero-order chi connectivity index (χ0) is 21.5. The Labute approximate surface area is 171 Å². The number of nitrogens with one attached hydrogen (secondary N) is 2. The van der Waals surface area contributed by atoms with E-state index < -0.39 is 23.1 Å². The number of rotatable bonds is 7. The summed E-state index contributed by atoms with van der Waals surface area (Å²) in [5.41, 5.74) is 0.482. The molecule has 154 valence electrons. The molecule has 3 aromatic rings. The van der Waals surface area contributed by atoms with Gasteiger partial charge in [-0.1, -0.05) is 18.2 Å². The van der Waals surface area contributed by atoms with Gasteiger partial charge in [-0.2, -0.15) is 0 Å². The van der Waals surface area contributed by atoms with Crippen LogP contribution in [0.25, 0.3) is 0 Å². The average Bonchev–Trinajstić information content (AvgIpc) is 2.73. The third-order valence-electron chi connectivity index (χ3n) is 4.21. The smallest absolute Gasteiger partial charge is 0.269 e. The highest BCUT2D eigenvalue weighted by atomic mass is 19.1. The Kier molecular flexibility index (Phi) is 6.69. The Hall–Kier alpha value is -3.81. The third-order valence-corrected chi connectivity index (χ3v) is 4.21. The van der Waals surface area contributed by atoms with Crippen molar-refractivity contribution in [2.45, 2.75) is 6.42 Å². The lowest BCUT2D eigenvalue weighted by atomic mass is 10.1. The fourth-order valence-electron chi connectivity index (χ4n) is 2.75. The molecule has 0 spiro atoms. The van der Waals surface area contributed by atoms with Crippen LogP contribution in [-0.2, 0) is 6.42 Å². The number of pyridine rings is 1. The number of aromatic nitrogens is 1. The Morgan fingerprint density at radius 2 is 1.67 bits per heavy atom. The molecule has 1 heterocycles. The topological polar surface area (TPSA) is 80.3 Å². The van der Waals surface area contributed by atoms with E-state index >= 15 is 0 Å². The van der Waals surface area contributed by atoms with Crippen molar-refractivity contribution >= 4 is 11.8 Å². The van der Waals surface area contributed by atoms with Crippen LogP contribution >= 0.6 is 0 Å². The average molecular weight is 411 g/mol. The maximum atomic E-state index is 13.7. The maximum Gasteiger partial charge on any atom is 0.269 e. The molecule has 0 fully saturated rings. The summed E-state index contributed by atoms with van der Waals surface area (Å²) in [7, 11) is 1.51. The summed E-state index contributed by atoms with van der Waals surface area (Å²) in [5, 5.41) is 5.01. The van der Waals surface area contributed by atoms with Gasteiger partial charge in [0.25, 0.3) is 11.8 Å². The zero-order valence-electron chi connectivity index (χ0n) is 16.1. The first-order chi connectivity index (χ1) is 14.5. The summed E-state index contributed by atoms with van der Waals surface area (Å²) in [5.74, 6) is -1.96. The van der Waals surface area contributed by atoms with Crippen molar-refractivity contribution in [1.29, 1.82) is 0 Å².